The molecule has 4 nitrogen and oxygen atoms in total. The summed E-state index contributed by atoms with van der Waals surface area (Å²) in [6, 6.07) is 15.0. The molecule has 29 heavy (non-hydrogen) atoms. The quantitative estimate of drug-likeness (QED) is 0.816. The third-order valence-corrected chi connectivity index (χ3v) is 5.79. The first kappa shape index (κ1) is 21.8. The van der Waals surface area contributed by atoms with Crippen molar-refractivity contribution >= 4 is 18.3 Å². The second-order valence-electron chi connectivity index (χ2n) is 7.80. The van der Waals surface area contributed by atoms with Crippen LogP contribution in [0.4, 0.5) is 4.39 Å². The normalized spacial score (nSPS) is 20.2. The summed E-state index contributed by atoms with van der Waals surface area (Å²) in [5.41, 5.74) is 2.90. The first-order valence-electron chi connectivity index (χ1n) is 10.3. The van der Waals surface area contributed by atoms with Crippen LogP contribution >= 0.6 is 12.4 Å². The smallest absolute Gasteiger partial charge is 0.253 e. The lowest BCUT2D eigenvalue weighted by molar-refractivity contribution is 0.0724. The zero-order valence-electron chi connectivity index (χ0n) is 16.6. The highest BCUT2D eigenvalue weighted by molar-refractivity contribution is 5.94. The number of nitrogens with zero attached hydrogens (tertiary/aromatic N) is 2. The number of amides is 1. The molecule has 1 atom stereocenters. The van der Waals surface area contributed by atoms with Crippen LogP contribution in [0.1, 0.15) is 46.8 Å². The summed E-state index contributed by atoms with van der Waals surface area (Å²) >= 11 is 0. The van der Waals surface area contributed by atoms with Crippen LogP contribution in [0.2, 0.25) is 0 Å². The molecular formula is C23H29ClFN3O. The zero-order valence-corrected chi connectivity index (χ0v) is 17.5. The molecule has 2 aliphatic heterocycles. The van der Waals surface area contributed by atoms with Crippen molar-refractivity contribution in [2.75, 3.05) is 32.7 Å². The standard InChI is InChI=1S/C23H28FN3O.ClH/c24-21-9-5-7-19(15-21)22-16-25-10-13-27(22)17-18-6-4-8-20(14-18)23(28)26-11-2-1-3-12-26;/h4-9,14-15,22,25H,1-3,10-13,16-17H2;1H. The van der Waals surface area contributed by atoms with Crippen molar-refractivity contribution in [1.29, 1.82) is 0 Å². The number of carbonyl (C=O) groups is 1. The molecule has 156 valence electrons. The summed E-state index contributed by atoms with van der Waals surface area (Å²) in [6.07, 6.45) is 3.41. The minimum absolute atomic E-state index is 0. The van der Waals surface area contributed by atoms with E-state index in [9.17, 15) is 9.18 Å². The minimum atomic E-state index is -0.197. The number of hydrogen-bond donors (Lipinski definition) is 1. The predicted octanol–water partition coefficient (Wildman–Crippen LogP) is 4.02. The third-order valence-electron chi connectivity index (χ3n) is 5.79. The van der Waals surface area contributed by atoms with Crippen LogP contribution in [0.3, 0.4) is 0 Å². The Balaban J connectivity index is 0.00000240. The van der Waals surface area contributed by atoms with Gasteiger partial charge in [-0.3, -0.25) is 9.69 Å². The summed E-state index contributed by atoms with van der Waals surface area (Å²) in [5, 5.41) is 3.42. The Bertz CT molecular complexity index is 825. The Morgan fingerprint density at radius 2 is 1.83 bits per heavy atom. The van der Waals surface area contributed by atoms with Crippen molar-refractivity contribution < 1.29 is 9.18 Å². The molecule has 0 spiro atoms. The van der Waals surface area contributed by atoms with Crippen molar-refractivity contribution in [2.24, 2.45) is 0 Å². The molecule has 2 fully saturated rings. The van der Waals surface area contributed by atoms with Gasteiger partial charge < -0.3 is 10.2 Å². The number of nitrogens with one attached hydrogen (secondary N) is 1. The summed E-state index contributed by atoms with van der Waals surface area (Å²) in [6.45, 7) is 5.09. The van der Waals surface area contributed by atoms with E-state index in [0.29, 0.717) is 0 Å². The lowest BCUT2D eigenvalue weighted by Gasteiger charge is -2.36. The lowest BCUT2D eigenvalue weighted by Crippen LogP contribution is -2.45. The monoisotopic (exact) mass is 417 g/mol. The number of piperidine rings is 1. The predicted molar refractivity (Wildman–Crippen MR) is 116 cm³/mol. The largest absolute Gasteiger partial charge is 0.339 e. The van der Waals surface area contributed by atoms with E-state index in [0.717, 1.165) is 68.8 Å². The fourth-order valence-corrected chi connectivity index (χ4v) is 4.29. The fourth-order valence-electron chi connectivity index (χ4n) is 4.29. The molecule has 1 amide bonds. The van der Waals surface area contributed by atoms with E-state index in [1.54, 1.807) is 12.1 Å². The maximum Gasteiger partial charge on any atom is 0.253 e. The van der Waals surface area contributed by atoms with Crippen LogP contribution in [-0.4, -0.2) is 48.4 Å². The molecule has 0 aliphatic carbocycles. The van der Waals surface area contributed by atoms with Crippen LogP contribution in [0, 0.1) is 5.82 Å². The van der Waals surface area contributed by atoms with Crippen molar-refractivity contribution in [2.45, 2.75) is 31.8 Å². The van der Waals surface area contributed by atoms with E-state index in [1.165, 1.54) is 12.5 Å². The van der Waals surface area contributed by atoms with E-state index in [-0.39, 0.29) is 30.2 Å². The van der Waals surface area contributed by atoms with Gasteiger partial charge in [0.05, 0.1) is 0 Å². The van der Waals surface area contributed by atoms with E-state index in [4.69, 9.17) is 0 Å². The van der Waals surface area contributed by atoms with E-state index in [1.807, 2.05) is 29.2 Å². The molecule has 0 saturated carbocycles. The van der Waals surface area contributed by atoms with Gasteiger partial charge in [-0.25, -0.2) is 4.39 Å². The molecule has 6 heteroatoms. The Hall–Kier alpha value is -1.95. The van der Waals surface area contributed by atoms with Crippen molar-refractivity contribution in [3.05, 3.63) is 71.0 Å². The van der Waals surface area contributed by atoms with Gasteiger partial charge in [-0.05, 0) is 54.7 Å². The van der Waals surface area contributed by atoms with Crippen LogP contribution < -0.4 is 5.32 Å². The molecule has 2 saturated heterocycles. The van der Waals surface area contributed by atoms with Gasteiger partial charge in [-0.2, -0.15) is 0 Å². The highest BCUT2D eigenvalue weighted by Gasteiger charge is 2.25. The maximum absolute atomic E-state index is 13.7. The van der Waals surface area contributed by atoms with Crippen LogP contribution in [0.15, 0.2) is 48.5 Å². The molecule has 2 aliphatic rings. The Morgan fingerprint density at radius 1 is 1.03 bits per heavy atom. The summed E-state index contributed by atoms with van der Waals surface area (Å²) < 4.78 is 13.7. The van der Waals surface area contributed by atoms with Crippen molar-refractivity contribution in [3.8, 4) is 0 Å². The molecule has 2 aromatic rings. The Kier molecular flexibility index (Phi) is 7.64. The summed E-state index contributed by atoms with van der Waals surface area (Å²) in [7, 11) is 0. The topological polar surface area (TPSA) is 35.6 Å². The van der Waals surface area contributed by atoms with Gasteiger partial charge >= 0.3 is 0 Å². The van der Waals surface area contributed by atoms with E-state index >= 15 is 0 Å². The molecule has 1 unspecified atom stereocenters. The molecule has 1 N–H and O–H groups in total. The van der Waals surface area contributed by atoms with Gasteiger partial charge in [0, 0.05) is 50.9 Å². The second kappa shape index (κ2) is 10.2. The first-order valence-corrected chi connectivity index (χ1v) is 10.3. The number of rotatable bonds is 4. The van der Waals surface area contributed by atoms with Gasteiger partial charge in [0.2, 0.25) is 0 Å². The zero-order chi connectivity index (χ0) is 19.3. The molecule has 0 aromatic heterocycles. The van der Waals surface area contributed by atoms with Gasteiger partial charge in [0.15, 0.2) is 0 Å². The van der Waals surface area contributed by atoms with Crippen molar-refractivity contribution in [3.63, 3.8) is 0 Å². The average molecular weight is 418 g/mol. The summed E-state index contributed by atoms with van der Waals surface area (Å²) in [5.74, 6) is -0.0549. The van der Waals surface area contributed by atoms with Crippen LogP contribution in [-0.2, 0) is 6.54 Å². The molecule has 2 aromatic carbocycles. The van der Waals surface area contributed by atoms with Crippen LogP contribution in [0.5, 0.6) is 0 Å². The number of carbonyl (C=O) groups excluding carboxylic acids is 1. The number of hydrogen-bond acceptors (Lipinski definition) is 3. The highest BCUT2D eigenvalue weighted by Crippen LogP contribution is 2.25. The maximum atomic E-state index is 13.7. The Morgan fingerprint density at radius 3 is 2.62 bits per heavy atom. The highest BCUT2D eigenvalue weighted by atomic mass is 35.5. The lowest BCUT2D eigenvalue weighted by atomic mass is 10.0. The van der Waals surface area contributed by atoms with Crippen LogP contribution in [0.25, 0.3) is 0 Å². The Labute approximate surface area is 178 Å². The number of halogens is 2. The first-order chi connectivity index (χ1) is 13.7. The molecule has 0 bridgehead atoms. The number of piperazine rings is 1. The van der Waals surface area contributed by atoms with E-state index < -0.39 is 0 Å². The average Bonchev–Trinajstić information content (AvgIpc) is 2.74. The molecular weight excluding hydrogens is 389 g/mol. The summed E-state index contributed by atoms with van der Waals surface area (Å²) in [4.78, 5) is 17.2. The fraction of sp³-hybridized carbons (Fsp3) is 0.435. The van der Waals surface area contributed by atoms with E-state index in [2.05, 4.69) is 16.3 Å². The SMILES string of the molecule is Cl.O=C(c1cccc(CN2CCNCC2c2cccc(F)c2)c1)N1CCCCC1. The van der Waals surface area contributed by atoms with Gasteiger partial charge in [0.25, 0.3) is 5.91 Å². The third kappa shape index (κ3) is 5.35. The minimum Gasteiger partial charge on any atom is -0.339 e. The molecule has 4 rings (SSSR count). The van der Waals surface area contributed by atoms with Gasteiger partial charge in [-0.1, -0.05) is 24.3 Å². The van der Waals surface area contributed by atoms with Gasteiger partial charge in [0.1, 0.15) is 5.82 Å². The second-order valence-corrected chi connectivity index (χ2v) is 7.80. The van der Waals surface area contributed by atoms with Crippen molar-refractivity contribution in [1.82, 2.24) is 15.1 Å². The molecule has 0 radical (unpaired) electrons. The molecule has 2 heterocycles. The van der Waals surface area contributed by atoms with Gasteiger partial charge in [-0.15, -0.1) is 12.4 Å². The number of likely N-dealkylation sites (tertiary alicyclic amines) is 1. The number of benzene rings is 2.